The predicted octanol–water partition coefficient (Wildman–Crippen LogP) is 2.65. The van der Waals surface area contributed by atoms with E-state index in [9.17, 15) is 0 Å². The summed E-state index contributed by atoms with van der Waals surface area (Å²) in [6.45, 7) is 8.16. The molecule has 0 bridgehead atoms. The van der Waals surface area contributed by atoms with Gasteiger partial charge in [0.05, 0.1) is 0 Å². The van der Waals surface area contributed by atoms with Gasteiger partial charge in [0.1, 0.15) is 5.82 Å². The van der Waals surface area contributed by atoms with Crippen molar-refractivity contribution in [2.75, 3.05) is 5.32 Å². The number of hydrogen-bond donors (Lipinski definition) is 1. The number of nitrogens with one attached hydrogen (secondary N) is 1. The number of anilines is 1. The molecule has 0 saturated heterocycles. The summed E-state index contributed by atoms with van der Waals surface area (Å²) in [6, 6.07) is 0. The molecule has 0 atom stereocenters. The zero-order valence-corrected chi connectivity index (χ0v) is 9.11. The smallest absolute Gasteiger partial charge is 0.224 e. The molecule has 0 aliphatic rings. The van der Waals surface area contributed by atoms with Gasteiger partial charge in [-0.1, -0.05) is 0 Å². The molecule has 0 spiro atoms. The maximum absolute atomic E-state index is 5.68. The fourth-order valence-electron chi connectivity index (χ4n) is 0.902. The van der Waals surface area contributed by atoms with Gasteiger partial charge in [0.15, 0.2) is 0 Å². The maximum atomic E-state index is 5.68. The minimum Gasteiger partial charge on any atom is -0.365 e. The predicted molar refractivity (Wildman–Crippen MR) is 55.2 cm³/mol. The minimum absolute atomic E-state index is 0.0115. The van der Waals surface area contributed by atoms with E-state index in [-0.39, 0.29) is 10.8 Å². The number of aromatic nitrogens is 2. The summed E-state index contributed by atoms with van der Waals surface area (Å²) in [5.41, 5.74) is 0.988. The molecule has 72 valence electrons. The van der Waals surface area contributed by atoms with Gasteiger partial charge in [-0.15, -0.1) is 0 Å². The largest absolute Gasteiger partial charge is 0.365 e. The first-order valence-corrected chi connectivity index (χ1v) is 4.53. The maximum Gasteiger partial charge on any atom is 0.224 e. The van der Waals surface area contributed by atoms with Crippen LogP contribution in [0.1, 0.15) is 26.3 Å². The van der Waals surface area contributed by atoms with Crippen molar-refractivity contribution in [2.24, 2.45) is 0 Å². The molecule has 0 fully saturated rings. The van der Waals surface area contributed by atoms with Gasteiger partial charge in [-0.3, -0.25) is 0 Å². The quantitative estimate of drug-likeness (QED) is 0.707. The molecule has 1 aromatic rings. The Bertz CT molecular complexity index is 304. The van der Waals surface area contributed by atoms with Gasteiger partial charge in [-0.2, -0.15) is 0 Å². The zero-order valence-electron chi connectivity index (χ0n) is 8.35. The lowest BCUT2D eigenvalue weighted by atomic mass is 10.1. The van der Waals surface area contributed by atoms with Gasteiger partial charge in [0.25, 0.3) is 0 Å². The van der Waals surface area contributed by atoms with Crippen LogP contribution in [0.15, 0.2) is 6.20 Å². The Labute approximate surface area is 83.5 Å². The Morgan fingerprint density at radius 2 is 2.00 bits per heavy atom. The van der Waals surface area contributed by atoms with Crippen LogP contribution in [0.4, 0.5) is 5.82 Å². The van der Waals surface area contributed by atoms with E-state index < -0.39 is 0 Å². The SMILES string of the molecule is Cc1cnc(Cl)nc1NC(C)(C)C. The van der Waals surface area contributed by atoms with E-state index in [1.165, 1.54) is 0 Å². The van der Waals surface area contributed by atoms with Crippen molar-refractivity contribution in [2.45, 2.75) is 33.2 Å². The van der Waals surface area contributed by atoms with Crippen LogP contribution in [0.2, 0.25) is 5.28 Å². The molecule has 1 aromatic heterocycles. The molecule has 13 heavy (non-hydrogen) atoms. The highest BCUT2D eigenvalue weighted by Gasteiger charge is 2.12. The molecule has 1 N–H and O–H groups in total. The lowest BCUT2D eigenvalue weighted by Crippen LogP contribution is -2.27. The topological polar surface area (TPSA) is 37.8 Å². The van der Waals surface area contributed by atoms with Crippen LogP contribution in [0.5, 0.6) is 0 Å². The van der Waals surface area contributed by atoms with Crippen LogP contribution in [-0.2, 0) is 0 Å². The Balaban J connectivity index is 2.94. The second-order valence-corrected chi connectivity index (χ2v) is 4.38. The molecule has 0 aliphatic heterocycles. The number of halogens is 1. The molecular formula is C9H14ClN3. The second kappa shape index (κ2) is 3.50. The standard InChI is InChI=1S/C9H14ClN3/c1-6-5-11-8(10)12-7(6)13-9(2,3)4/h5H,1-4H3,(H,11,12,13). The van der Waals surface area contributed by atoms with Crippen molar-refractivity contribution in [3.8, 4) is 0 Å². The van der Waals surface area contributed by atoms with Crippen LogP contribution in [0.25, 0.3) is 0 Å². The van der Waals surface area contributed by atoms with Gasteiger partial charge in [-0.05, 0) is 39.3 Å². The Morgan fingerprint density at radius 1 is 1.38 bits per heavy atom. The first kappa shape index (κ1) is 10.3. The summed E-state index contributed by atoms with van der Waals surface area (Å²) < 4.78 is 0. The van der Waals surface area contributed by atoms with Crippen molar-refractivity contribution in [3.05, 3.63) is 17.0 Å². The van der Waals surface area contributed by atoms with Crippen molar-refractivity contribution < 1.29 is 0 Å². The van der Waals surface area contributed by atoms with Gasteiger partial charge in [0.2, 0.25) is 5.28 Å². The second-order valence-electron chi connectivity index (χ2n) is 4.05. The third kappa shape index (κ3) is 3.19. The zero-order chi connectivity index (χ0) is 10.1. The lowest BCUT2D eigenvalue weighted by molar-refractivity contribution is 0.629. The van der Waals surface area contributed by atoms with Crippen molar-refractivity contribution in [1.82, 2.24) is 9.97 Å². The fourth-order valence-corrected chi connectivity index (χ4v) is 1.04. The van der Waals surface area contributed by atoms with E-state index in [0.717, 1.165) is 11.4 Å². The Morgan fingerprint density at radius 3 is 2.54 bits per heavy atom. The summed E-state index contributed by atoms with van der Waals surface area (Å²) in [5, 5.41) is 3.53. The summed E-state index contributed by atoms with van der Waals surface area (Å²) >= 11 is 5.68. The minimum atomic E-state index is -0.0115. The van der Waals surface area contributed by atoms with Crippen LogP contribution in [0, 0.1) is 6.92 Å². The van der Waals surface area contributed by atoms with Gasteiger partial charge < -0.3 is 5.32 Å². The molecule has 1 heterocycles. The van der Waals surface area contributed by atoms with Crippen molar-refractivity contribution in [1.29, 1.82) is 0 Å². The van der Waals surface area contributed by atoms with Crippen LogP contribution < -0.4 is 5.32 Å². The van der Waals surface area contributed by atoms with Crippen LogP contribution in [-0.4, -0.2) is 15.5 Å². The molecule has 0 radical (unpaired) electrons. The molecule has 3 nitrogen and oxygen atoms in total. The molecule has 0 aromatic carbocycles. The third-order valence-corrected chi connectivity index (χ3v) is 1.62. The van der Waals surface area contributed by atoms with Gasteiger partial charge in [-0.25, -0.2) is 9.97 Å². The summed E-state index contributed by atoms with van der Waals surface area (Å²) in [4.78, 5) is 7.98. The first-order valence-electron chi connectivity index (χ1n) is 4.16. The molecule has 0 aliphatic carbocycles. The summed E-state index contributed by atoms with van der Waals surface area (Å²) in [7, 11) is 0. The number of rotatable bonds is 1. The molecule has 0 unspecified atom stereocenters. The van der Waals surface area contributed by atoms with E-state index >= 15 is 0 Å². The highest BCUT2D eigenvalue weighted by Crippen LogP contribution is 2.17. The van der Waals surface area contributed by atoms with Crippen LogP contribution in [0.3, 0.4) is 0 Å². The van der Waals surface area contributed by atoms with E-state index in [1.54, 1.807) is 6.20 Å². The fraction of sp³-hybridized carbons (Fsp3) is 0.556. The number of aryl methyl sites for hydroxylation is 1. The molecule has 0 saturated carbocycles. The van der Waals surface area contributed by atoms with Crippen LogP contribution >= 0.6 is 11.6 Å². The highest BCUT2D eigenvalue weighted by atomic mass is 35.5. The lowest BCUT2D eigenvalue weighted by Gasteiger charge is -2.22. The first-order chi connectivity index (χ1) is 5.88. The Kier molecular flexibility index (Phi) is 2.76. The summed E-state index contributed by atoms with van der Waals surface area (Å²) in [5.74, 6) is 0.799. The third-order valence-electron chi connectivity index (χ3n) is 1.44. The summed E-state index contributed by atoms with van der Waals surface area (Å²) in [6.07, 6.45) is 1.71. The van der Waals surface area contributed by atoms with E-state index in [4.69, 9.17) is 11.6 Å². The van der Waals surface area contributed by atoms with E-state index in [0.29, 0.717) is 0 Å². The molecule has 4 heteroatoms. The normalized spacial score (nSPS) is 11.5. The Hall–Kier alpha value is -0.830. The molecule has 1 rings (SSSR count). The molecular weight excluding hydrogens is 186 g/mol. The highest BCUT2D eigenvalue weighted by molar-refractivity contribution is 6.28. The number of nitrogens with zero attached hydrogens (tertiary/aromatic N) is 2. The number of hydrogen-bond acceptors (Lipinski definition) is 3. The van der Waals surface area contributed by atoms with Gasteiger partial charge >= 0.3 is 0 Å². The average Bonchev–Trinajstić information content (AvgIpc) is 1.94. The monoisotopic (exact) mass is 199 g/mol. The van der Waals surface area contributed by atoms with Crippen molar-refractivity contribution in [3.63, 3.8) is 0 Å². The molecule has 0 amide bonds. The van der Waals surface area contributed by atoms with Crippen molar-refractivity contribution >= 4 is 17.4 Å². The van der Waals surface area contributed by atoms with E-state index in [2.05, 4.69) is 36.1 Å². The average molecular weight is 200 g/mol. The van der Waals surface area contributed by atoms with E-state index in [1.807, 2.05) is 6.92 Å². The van der Waals surface area contributed by atoms with Gasteiger partial charge in [0, 0.05) is 17.3 Å².